The minimum atomic E-state index is -0.170. The number of carbonyl (C=O) groups excluding carboxylic acids is 2. The Hall–Kier alpha value is -4.95. The summed E-state index contributed by atoms with van der Waals surface area (Å²) in [7, 11) is 2.14. The average molecular weight is 531 g/mol. The van der Waals surface area contributed by atoms with Crippen LogP contribution in [0.3, 0.4) is 0 Å². The molecular weight excluding hydrogens is 500 g/mol. The van der Waals surface area contributed by atoms with Crippen LogP contribution in [-0.4, -0.2) is 59.9 Å². The number of anilines is 3. The van der Waals surface area contributed by atoms with Crippen molar-refractivity contribution in [2.24, 2.45) is 0 Å². The Balaban J connectivity index is 1.11. The van der Waals surface area contributed by atoms with E-state index in [1.54, 1.807) is 12.1 Å². The lowest BCUT2D eigenvalue weighted by Crippen LogP contribution is -2.44. The molecule has 0 radical (unpaired) electrons. The third-order valence-electron chi connectivity index (χ3n) is 7.19. The zero-order valence-corrected chi connectivity index (χ0v) is 22.2. The molecule has 2 amide bonds. The quantitative estimate of drug-likeness (QED) is 0.270. The predicted octanol–water partition coefficient (Wildman–Crippen LogP) is 5.49. The van der Waals surface area contributed by atoms with Gasteiger partial charge in [0.05, 0.1) is 11.0 Å². The fourth-order valence-corrected chi connectivity index (χ4v) is 4.82. The molecule has 0 saturated carbocycles. The zero-order valence-electron chi connectivity index (χ0n) is 22.2. The first-order chi connectivity index (χ1) is 19.5. The maximum absolute atomic E-state index is 12.9. The molecule has 40 heavy (non-hydrogen) atoms. The molecule has 1 saturated heterocycles. The first kappa shape index (κ1) is 25.3. The minimum Gasteiger partial charge on any atom is -0.369 e. The van der Waals surface area contributed by atoms with Crippen molar-refractivity contribution in [1.82, 2.24) is 14.9 Å². The highest BCUT2D eigenvalue weighted by Gasteiger charge is 2.15. The van der Waals surface area contributed by atoms with Crippen LogP contribution in [0.25, 0.3) is 22.4 Å². The van der Waals surface area contributed by atoms with Gasteiger partial charge in [-0.3, -0.25) is 9.59 Å². The van der Waals surface area contributed by atoms with Crippen molar-refractivity contribution in [2.75, 3.05) is 48.8 Å². The molecule has 8 nitrogen and oxygen atoms in total. The van der Waals surface area contributed by atoms with E-state index in [2.05, 4.69) is 32.5 Å². The van der Waals surface area contributed by atoms with Crippen molar-refractivity contribution >= 4 is 39.9 Å². The topological polar surface area (TPSA) is 93.4 Å². The molecule has 5 aromatic rings. The van der Waals surface area contributed by atoms with Crippen molar-refractivity contribution in [2.45, 2.75) is 0 Å². The van der Waals surface area contributed by atoms with Gasteiger partial charge in [0.15, 0.2) is 0 Å². The second kappa shape index (κ2) is 11.0. The summed E-state index contributed by atoms with van der Waals surface area (Å²) in [4.78, 5) is 38.2. The molecule has 8 heteroatoms. The Morgan fingerprint density at radius 1 is 0.725 bits per heavy atom. The lowest BCUT2D eigenvalue weighted by molar-refractivity contribution is 0.101. The van der Waals surface area contributed by atoms with Gasteiger partial charge in [0.2, 0.25) is 0 Å². The Bertz CT molecular complexity index is 1640. The number of nitrogens with zero attached hydrogens (tertiary/aromatic N) is 3. The smallest absolute Gasteiger partial charge is 0.255 e. The highest BCUT2D eigenvalue weighted by atomic mass is 16.2. The summed E-state index contributed by atoms with van der Waals surface area (Å²) in [6, 6.07) is 30.0. The van der Waals surface area contributed by atoms with Gasteiger partial charge in [0.25, 0.3) is 11.8 Å². The number of amides is 2. The highest BCUT2D eigenvalue weighted by Crippen LogP contribution is 2.24. The molecular formula is C32H30N6O2. The lowest BCUT2D eigenvalue weighted by Gasteiger charge is -2.34. The molecule has 2 heterocycles. The van der Waals surface area contributed by atoms with Crippen LogP contribution in [0, 0.1) is 0 Å². The van der Waals surface area contributed by atoms with E-state index in [9.17, 15) is 9.59 Å². The monoisotopic (exact) mass is 530 g/mol. The molecule has 6 rings (SSSR count). The van der Waals surface area contributed by atoms with Gasteiger partial charge in [0, 0.05) is 59.9 Å². The number of fused-ring (bicyclic) bond motifs is 1. The van der Waals surface area contributed by atoms with Gasteiger partial charge in [-0.15, -0.1) is 0 Å². The number of carbonyl (C=O) groups is 2. The van der Waals surface area contributed by atoms with Crippen LogP contribution < -0.4 is 15.5 Å². The van der Waals surface area contributed by atoms with Gasteiger partial charge < -0.3 is 25.4 Å². The Morgan fingerprint density at radius 2 is 1.35 bits per heavy atom. The Morgan fingerprint density at radius 3 is 2.02 bits per heavy atom. The summed E-state index contributed by atoms with van der Waals surface area (Å²) in [6.07, 6.45) is 0. The first-order valence-electron chi connectivity index (χ1n) is 13.3. The summed E-state index contributed by atoms with van der Waals surface area (Å²) < 4.78 is 0. The van der Waals surface area contributed by atoms with Crippen LogP contribution in [0.4, 0.5) is 17.1 Å². The molecule has 200 valence electrons. The van der Waals surface area contributed by atoms with Gasteiger partial charge in [0.1, 0.15) is 5.82 Å². The van der Waals surface area contributed by atoms with Gasteiger partial charge in [-0.1, -0.05) is 30.3 Å². The van der Waals surface area contributed by atoms with Crippen LogP contribution in [-0.2, 0) is 0 Å². The van der Waals surface area contributed by atoms with Crippen molar-refractivity contribution in [3.05, 3.63) is 108 Å². The molecule has 0 atom stereocenters. The summed E-state index contributed by atoms with van der Waals surface area (Å²) in [5, 5.41) is 5.88. The van der Waals surface area contributed by atoms with Gasteiger partial charge in [-0.2, -0.15) is 0 Å². The fraction of sp³-hybridized carbons (Fsp3) is 0.156. The molecule has 0 bridgehead atoms. The molecule has 1 aromatic heterocycles. The van der Waals surface area contributed by atoms with Crippen molar-refractivity contribution < 1.29 is 9.59 Å². The molecule has 4 aromatic carbocycles. The zero-order chi connectivity index (χ0) is 27.5. The van der Waals surface area contributed by atoms with Crippen molar-refractivity contribution in [3.63, 3.8) is 0 Å². The summed E-state index contributed by atoms with van der Waals surface area (Å²) in [5.41, 5.74) is 6.19. The molecule has 0 spiro atoms. The molecule has 0 unspecified atom stereocenters. The van der Waals surface area contributed by atoms with Crippen molar-refractivity contribution in [3.8, 4) is 11.4 Å². The van der Waals surface area contributed by atoms with E-state index in [-0.39, 0.29) is 11.8 Å². The molecule has 1 fully saturated rings. The number of rotatable bonds is 6. The summed E-state index contributed by atoms with van der Waals surface area (Å²) in [5.74, 6) is 0.356. The third kappa shape index (κ3) is 5.57. The van der Waals surface area contributed by atoms with E-state index >= 15 is 0 Å². The predicted molar refractivity (Wildman–Crippen MR) is 160 cm³/mol. The van der Waals surface area contributed by atoms with Crippen LogP contribution in [0.15, 0.2) is 97.1 Å². The summed E-state index contributed by atoms with van der Waals surface area (Å²) >= 11 is 0. The minimum absolute atomic E-state index is 0.163. The van der Waals surface area contributed by atoms with Gasteiger partial charge in [-0.25, -0.2) is 4.98 Å². The van der Waals surface area contributed by atoms with Gasteiger partial charge in [-0.05, 0) is 73.8 Å². The number of aromatic amines is 1. The number of aromatic nitrogens is 2. The maximum atomic E-state index is 12.9. The highest BCUT2D eigenvalue weighted by molar-refractivity contribution is 6.05. The largest absolute Gasteiger partial charge is 0.369 e. The van der Waals surface area contributed by atoms with Crippen LogP contribution in [0.1, 0.15) is 20.7 Å². The number of hydrogen-bond acceptors (Lipinski definition) is 5. The van der Waals surface area contributed by atoms with E-state index in [1.165, 1.54) is 0 Å². The van der Waals surface area contributed by atoms with E-state index in [4.69, 9.17) is 4.98 Å². The Labute approximate surface area is 232 Å². The number of para-hydroxylation sites is 1. The van der Waals surface area contributed by atoms with E-state index < -0.39 is 0 Å². The number of H-pyrrole nitrogens is 1. The number of imidazole rings is 1. The fourth-order valence-electron chi connectivity index (χ4n) is 4.82. The number of likely N-dealkylation sites (N-methyl/N-ethyl adjacent to an activating group) is 1. The summed E-state index contributed by atoms with van der Waals surface area (Å²) in [6.45, 7) is 4.05. The number of nitrogens with one attached hydrogen (secondary N) is 3. The lowest BCUT2D eigenvalue weighted by atomic mass is 10.1. The number of hydrogen-bond donors (Lipinski definition) is 3. The molecule has 1 aliphatic heterocycles. The van der Waals surface area contributed by atoms with Gasteiger partial charge >= 0.3 is 0 Å². The maximum Gasteiger partial charge on any atom is 0.255 e. The molecule has 0 aliphatic carbocycles. The number of benzene rings is 4. The van der Waals surface area contributed by atoms with Crippen LogP contribution in [0.5, 0.6) is 0 Å². The second-order valence-corrected chi connectivity index (χ2v) is 10.0. The molecule has 1 aliphatic rings. The van der Waals surface area contributed by atoms with E-state index in [0.717, 1.165) is 54.2 Å². The van der Waals surface area contributed by atoms with Crippen molar-refractivity contribution in [1.29, 1.82) is 0 Å². The molecule has 3 N–H and O–H groups in total. The van der Waals surface area contributed by atoms with Crippen LogP contribution in [0.2, 0.25) is 0 Å². The first-order valence-corrected chi connectivity index (χ1v) is 13.3. The van der Waals surface area contributed by atoms with E-state index in [0.29, 0.717) is 22.6 Å². The van der Waals surface area contributed by atoms with Crippen LogP contribution >= 0.6 is 0 Å². The SMILES string of the molecule is CN1CCN(c2ccc(C(=O)Nc3ccc4[nH]c(-c5ccc(C(=O)Nc6ccccc6)cc5)nc4c3)cc2)CC1. The second-order valence-electron chi connectivity index (χ2n) is 10.0. The average Bonchev–Trinajstić information content (AvgIpc) is 3.42. The van der Waals surface area contributed by atoms with E-state index in [1.807, 2.05) is 84.9 Å². The Kier molecular flexibility index (Phi) is 6.99. The standard InChI is InChI=1S/C32H30N6O2/c1-37-17-19-38(20-18-37)27-14-11-24(12-15-27)32(40)34-26-13-16-28-29(21-26)36-30(35-28)22-7-9-23(10-8-22)31(39)33-25-5-3-2-4-6-25/h2-16,21H,17-20H2,1H3,(H,33,39)(H,34,40)(H,35,36). The number of piperazine rings is 1. The normalized spacial score (nSPS) is 13.8. The third-order valence-corrected chi connectivity index (χ3v) is 7.19.